The molecule has 3 nitrogen and oxygen atoms in total. The fourth-order valence-corrected chi connectivity index (χ4v) is 2.01. The molecule has 0 spiro atoms. The van der Waals surface area contributed by atoms with Crippen molar-refractivity contribution in [3.05, 3.63) is 24.8 Å². The smallest absolute Gasteiger partial charge is 0.0897 e. The largest absolute Gasteiger partial charge is 0.389 e. The summed E-state index contributed by atoms with van der Waals surface area (Å²) < 4.78 is 5.59. The monoisotopic (exact) mass is 239 g/mol. The Morgan fingerprint density at radius 2 is 2.29 bits per heavy atom. The highest BCUT2D eigenvalue weighted by Crippen LogP contribution is 2.24. The van der Waals surface area contributed by atoms with Crippen LogP contribution in [0.3, 0.4) is 0 Å². The number of hydrogen-bond acceptors (Lipinski definition) is 3. The van der Waals surface area contributed by atoms with Crippen LogP contribution in [0, 0.1) is 11.8 Å². The number of aliphatic hydroxyl groups excluding tert-OH is 1. The molecular weight excluding hydrogens is 214 g/mol. The molecule has 0 bridgehead atoms. The minimum absolute atomic E-state index is 0.414. The normalized spacial score (nSPS) is 25.8. The van der Waals surface area contributed by atoms with Gasteiger partial charge in [-0.25, -0.2) is 0 Å². The van der Waals surface area contributed by atoms with Gasteiger partial charge in [0.1, 0.15) is 0 Å². The van der Waals surface area contributed by atoms with Gasteiger partial charge < -0.3 is 15.2 Å². The average Bonchev–Trinajstić information content (AvgIpc) is 2.32. The Kier molecular flexibility index (Phi) is 7.17. The first-order valence-corrected chi connectivity index (χ1v) is 6.46. The van der Waals surface area contributed by atoms with Gasteiger partial charge in [0.2, 0.25) is 0 Å². The molecule has 0 saturated carbocycles. The van der Waals surface area contributed by atoms with Crippen LogP contribution in [0.4, 0.5) is 0 Å². The summed E-state index contributed by atoms with van der Waals surface area (Å²) in [5.41, 5.74) is 0. The molecule has 0 fully saturated rings. The van der Waals surface area contributed by atoms with E-state index in [1.54, 1.807) is 6.08 Å². The molecule has 0 radical (unpaired) electrons. The summed E-state index contributed by atoms with van der Waals surface area (Å²) in [5, 5.41) is 12.7. The molecule has 98 valence electrons. The van der Waals surface area contributed by atoms with Gasteiger partial charge in [0, 0.05) is 13.1 Å². The first-order valence-electron chi connectivity index (χ1n) is 6.46. The number of nitrogens with one attached hydrogen (secondary N) is 1. The van der Waals surface area contributed by atoms with Crippen molar-refractivity contribution in [1.82, 2.24) is 5.32 Å². The van der Waals surface area contributed by atoms with Crippen LogP contribution in [0.25, 0.3) is 0 Å². The standard InChI is InChI=1S/C14H25NO2/c1-3-8-15-9-14(16)11-17-10-13-7-5-4-6-12(13)2/h3-5,12-16H,1,6-11H2,2H3. The lowest BCUT2D eigenvalue weighted by atomic mass is 9.85. The van der Waals surface area contributed by atoms with Crippen molar-refractivity contribution in [2.75, 3.05) is 26.3 Å². The van der Waals surface area contributed by atoms with Gasteiger partial charge in [-0.1, -0.05) is 25.2 Å². The second-order valence-electron chi connectivity index (χ2n) is 4.82. The third-order valence-corrected chi connectivity index (χ3v) is 3.23. The second kappa shape index (κ2) is 8.45. The van der Waals surface area contributed by atoms with Gasteiger partial charge in [-0.15, -0.1) is 6.58 Å². The van der Waals surface area contributed by atoms with E-state index in [4.69, 9.17) is 4.74 Å². The van der Waals surface area contributed by atoms with Crippen LogP contribution >= 0.6 is 0 Å². The molecule has 0 aromatic heterocycles. The Morgan fingerprint density at radius 3 is 3.00 bits per heavy atom. The van der Waals surface area contributed by atoms with Crippen molar-refractivity contribution in [2.24, 2.45) is 11.8 Å². The third kappa shape index (κ3) is 6.01. The lowest BCUT2D eigenvalue weighted by Crippen LogP contribution is -2.31. The van der Waals surface area contributed by atoms with E-state index in [0.29, 0.717) is 25.0 Å². The first kappa shape index (κ1) is 14.4. The van der Waals surface area contributed by atoms with E-state index in [1.165, 1.54) is 0 Å². The zero-order valence-corrected chi connectivity index (χ0v) is 10.8. The van der Waals surface area contributed by atoms with Crippen molar-refractivity contribution in [1.29, 1.82) is 0 Å². The maximum Gasteiger partial charge on any atom is 0.0897 e. The van der Waals surface area contributed by atoms with E-state index in [9.17, 15) is 5.11 Å². The first-order chi connectivity index (χ1) is 8.24. The van der Waals surface area contributed by atoms with Crippen LogP contribution in [0.2, 0.25) is 0 Å². The Hall–Kier alpha value is -0.640. The Morgan fingerprint density at radius 1 is 1.53 bits per heavy atom. The maximum atomic E-state index is 9.64. The molecule has 0 amide bonds. The predicted molar refractivity (Wildman–Crippen MR) is 70.9 cm³/mol. The van der Waals surface area contributed by atoms with Crippen molar-refractivity contribution < 1.29 is 9.84 Å². The number of allylic oxidation sites excluding steroid dienone is 2. The van der Waals surface area contributed by atoms with Gasteiger partial charge in [0.05, 0.1) is 19.3 Å². The van der Waals surface area contributed by atoms with Gasteiger partial charge in [0.25, 0.3) is 0 Å². The molecule has 3 heteroatoms. The highest BCUT2D eigenvalue weighted by Gasteiger charge is 2.18. The van der Waals surface area contributed by atoms with Crippen molar-refractivity contribution in [3.8, 4) is 0 Å². The van der Waals surface area contributed by atoms with Crippen molar-refractivity contribution in [3.63, 3.8) is 0 Å². The molecule has 17 heavy (non-hydrogen) atoms. The topological polar surface area (TPSA) is 41.5 Å². The van der Waals surface area contributed by atoms with E-state index < -0.39 is 6.10 Å². The fraction of sp³-hybridized carbons (Fsp3) is 0.714. The molecule has 1 aliphatic carbocycles. The van der Waals surface area contributed by atoms with Gasteiger partial charge in [-0.2, -0.15) is 0 Å². The van der Waals surface area contributed by atoms with Gasteiger partial charge in [0.15, 0.2) is 0 Å². The lowest BCUT2D eigenvalue weighted by Gasteiger charge is -2.25. The number of hydrogen-bond donors (Lipinski definition) is 2. The molecule has 3 unspecified atom stereocenters. The van der Waals surface area contributed by atoms with E-state index in [0.717, 1.165) is 26.0 Å². The third-order valence-electron chi connectivity index (χ3n) is 3.23. The van der Waals surface area contributed by atoms with Crippen molar-refractivity contribution >= 4 is 0 Å². The Balaban J connectivity index is 2.06. The molecule has 1 rings (SSSR count). The highest BCUT2D eigenvalue weighted by molar-refractivity contribution is 4.93. The minimum Gasteiger partial charge on any atom is -0.389 e. The fourth-order valence-electron chi connectivity index (χ4n) is 2.01. The van der Waals surface area contributed by atoms with Crippen LogP contribution in [-0.2, 0) is 4.74 Å². The molecule has 0 saturated heterocycles. The van der Waals surface area contributed by atoms with Crippen LogP contribution in [-0.4, -0.2) is 37.5 Å². The maximum absolute atomic E-state index is 9.64. The van der Waals surface area contributed by atoms with Crippen LogP contribution in [0.1, 0.15) is 19.8 Å². The van der Waals surface area contributed by atoms with Crippen LogP contribution in [0.15, 0.2) is 24.8 Å². The SMILES string of the molecule is C=CCNCC(O)COCC1CC=CCC1C. The van der Waals surface area contributed by atoms with Crippen LogP contribution < -0.4 is 5.32 Å². The van der Waals surface area contributed by atoms with Gasteiger partial charge in [-0.3, -0.25) is 0 Å². The van der Waals surface area contributed by atoms with Crippen LogP contribution in [0.5, 0.6) is 0 Å². The summed E-state index contributed by atoms with van der Waals surface area (Å²) in [6.45, 7) is 8.32. The zero-order valence-electron chi connectivity index (χ0n) is 10.8. The second-order valence-corrected chi connectivity index (χ2v) is 4.82. The summed E-state index contributed by atoms with van der Waals surface area (Å²) in [7, 11) is 0. The molecule has 0 aromatic rings. The summed E-state index contributed by atoms with van der Waals surface area (Å²) >= 11 is 0. The number of aliphatic hydroxyl groups is 1. The van der Waals surface area contributed by atoms with E-state index in [1.807, 2.05) is 0 Å². The molecule has 0 aliphatic heterocycles. The Labute approximate surface area is 105 Å². The van der Waals surface area contributed by atoms with E-state index >= 15 is 0 Å². The Bertz CT molecular complexity index is 240. The molecule has 0 aromatic carbocycles. The number of rotatable bonds is 8. The predicted octanol–water partition coefficient (Wildman–Crippen LogP) is 1.74. The quantitative estimate of drug-likeness (QED) is 0.501. The summed E-state index contributed by atoms with van der Waals surface area (Å²) in [4.78, 5) is 0. The number of ether oxygens (including phenoxy) is 1. The van der Waals surface area contributed by atoms with Gasteiger partial charge in [-0.05, 0) is 24.7 Å². The summed E-state index contributed by atoms with van der Waals surface area (Å²) in [5.74, 6) is 1.30. The summed E-state index contributed by atoms with van der Waals surface area (Å²) in [6.07, 6.45) is 8.09. The highest BCUT2D eigenvalue weighted by atomic mass is 16.5. The van der Waals surface area contributed by atoms with Gasteiger partial charge >= 0.3 is 0 Å². The van der Waals surface area contributed by atoms with E-state index in [2.05, 4.69) is 31.0 Å². The molecule has 0 heterocycles. The minimum atomic E-state index is -0.426. The molecular formula is C14H25NO2. The zero-order chi connectivity index (χ0) is 12.5. The molecule has 3 atom stereocenters. The molecule has 2 N–H and O–H groups in total. The molecule has 1 aliphatic rings. The summed E-state index contributed by atoms with van der Waals surface area (Å²) in [6, 6.07) is 0. The average molecular weight is 239 g/mol. The lowest BCUT2D eigenvalue weighted by molar-refractivity contribution is 0.0132. The van der Waals surface area contributed by atoms with E-state index in [-0.39, 0.29) is 0 Å². The van der Waals surface area contributed by atoms with Crippen molar-refractivity contribution in [2.45, 2.75) is 25.9 Å².